The molecule has 5 rings (SSSR count). The molecule has 0 saturated carbocycles. The van der Waals surface area contributed by atoms with Crippen molar-refractivity contribution < 1.29 is 23.9 Å². The van der Waals surface area contributed by atoms with E-state index in [-0.39, 0.29) is 12.8 Å². The van der Waals surface area contributed by atoms with Crippen molar-refractivity contribution in [3.8, 4) is 11.5 Å². The van der Waals surface area contributed by atoms with Crippen molar-refractivity contribution in [3.05, 3.63) is 94.5 Å². The summed E-state index contributed by atoms with van der Waals surface area (Å²) >= 11 is 0. The summed E-state index contributed by atoms with van der Waals surface area (Å²) < 4.78 is 10.7. The first kappa shape index (κ1) is 23.4. The highest BCUT2D eigenvalue weighted by Gasteiger charge is 2.54. The number of fused-ring (bicyclic) bond motifs is 1. The van der Waals surface area contributed by atoms with E-state index < -0.39 is 29.9 Å². The molecule has 0 spiro atoms. The topological polar surface area (TPSA) is 97.0 Å². The van der Waals surface area contributed by atoms with Gasteiger partial charge in [-0.2, -0.15) is 0 Å². The fourth-order valence-electron chi connectivity index (χ4n) is 4.64. The van der Waals surface area contributed by atoms with Gasteiger partial charge in [-0.1, -0.05) is 54.6 Å². The molecule has 0 aliphatic carbocycles. The molecule has 2 atom stereocenters. The predicted molar refractivity (Wildman–Crippen MR) is 133 cm³/mol. The Hall–Kier alpha value is -4.33. The smallest absolute Gasteiger partial charge is 0.326 e. The number of amides is 4. The maximum Gasteiger partial charge on any atom is 0.326 e. The van der Waals surface area contributed by atoms with Crippen molar-refractivity contribution >= 4 is 17.8 Å². The van der Waals surface area contributed by atoms with Crippen LogP contribution in [0.5, 0.6) is 11.5 Å². The lowest BCUT2D eigenvalue weighted by atomic mass is 9.81. The molecule has 0 radical (unpaired) electrons. The van der Waals surface area contributed by atoms with Crippen LogP contribution in [0.1, 0.15) is 40.8 Å². The van der Waals surface area contributed by atoms with E-state index in [9.17, 15) is 14.4 Å². The summed E-state index contributed by atoms with van der Waals surface area (Å²) in [5.41, 5.74) is 2.75. The number of benzene rings is 3. The van der Waals surface area contributed by atoms with Gasteiger partial charge >= 0.3 is 6.03 Å². The first-order valence-electron chi connectivity index (χ1n) is 11.8. The zero-order valence-corrected chi connectivity index (χ0v) is 20.3. The molecule has 36 heavy (non-hydrogen) atoms. The largest absolute Gasteiger partial charge is 0.454 e. The molecule has 8 heteroatoms. The van der Waals surface area contributed by atoms with Gasteiger partial charge < -0.3 is 20.1 Å². The van der Waals surface area contributed by atoms with Crippen LogP contribution in [0.15, 0.2) is 66.7 Å². The molecule has 2 heterocycles. The van der Waals surface area contributed by atoms with Gasteiger partial charge in [0.2, 0.25) is 12.7 Å². The normalized spacial score (nSPS) is 19.2. The Balaban J connectivity index is 1.40. The highest BCUT2D eigenvalue weighted by atomic mass is 16.7. The van der Waals surface area contributed by atoms with Gasteiger partial charge in [0.25, 0.3) is 5.91 Å². The van der Waals surface area contributed by atoms with Crippen LogP contribution in [-0.4, -0.2) is 36.1 Å². The van der Waals surface area contributed by atoms with E-state index in [1.54, 1.807) is 24.3 Å². The van der Waals surface area contributed by atoms with Crippen LogP contribution >= 0.6 is 0 Å². The second-order valence-electron chi connectivity index (χ2n) is 9.14. The minimum Gasteiger partial charge on any atom is -0.454 e. The summed E-state index contributed by atoms with van der Waals surface area (Å²) in [6.07, 6.45) is 0. The Morgan fingerprint density at radius 3 is 2.47 bits per heavy atom. The highest BCUT2D eigenvalue weighted by molar-refractivity contribution is 6.11. The van der Waals surface area contributed by atoms with Crippen LogP contribution in [0.25, 0.3) is 0 Å². The van der Waals surface area contributed by atoms with Crippen LogP contribution in [0.3, 0.4) is 0 Å². The summed E-state index contributed by atoms with van der Waals surface area (Å²) in [6.45, 7) is 5.53. The quantitative estimate of drug-likeness (QED) is 0.519. The molecular weight excluding hydrogens is 458 g/mol. The molecule has 0 aromatic heterocycles. The van der Waals surface area contributed by atoms with Crippen molar-refractivity contribution in [1.29, 1.82) is 0 Å². The molecular formula is C28H27N3O5. The fraction of sp³-hybridized carbons (Fsp3) is 0.250. The van der Waals surface area contributed by atoms with E-state index in [0.717, 1.165) is 21.6 Å². The van der Waals surface area contributed by atoms with Gasteiger partial charge in [0.15, 0.2) is 17.0 Å². The second kappa shape index (κ2) is 9.03. The number of imide groups is 1. The summed E-state index contributed by atoms with van der Waals surface area (Å²) in [5, 5.41) is 5.76. The van der Waals surface area contributed by atoms with E-state index in [1.807, 2.05) is 63.2 Å². The minimum absolute atomic E-state index is 0.162. The minimum atomic E-state index is -1.42. The predicted octanol–water partition coefficient (Wildman–Crippen LogP) is 3.70. The maximum atomic E-state index is 13.9. The first-order valence-corrected chi connectivity index (χ1v) is 11.8. The molecule has 0 unspecified atom stereocenters. The molecule has 3 aromatic rings. The highest BCUT2D eigenvalue weighted by Crippen LogP contribution is 2.37. The van der Waals surface area contributed by atoms with Crippen molar-refractivity contribution in [1.82, 2.24) is 15.5 Å². The zero-order valence-electron chi connectivity index (χ0n) is 20.3. The van der Waals surface area contributed by atoms with Crippen LogP contribution in [0.2, 0.25) is 0 Å². The number of nitrogens with zero attached hydrogens (tertiary/aromatic N) is 1. The summed E-state index contributed by atoms with van der Waals surface area (Å²) in [5.74, 6) is 0.324. The Kier molecular flexibility index (Phi) is 5.88. The van der Waals surface area contributed by atoms with Crippen LogP contribution in [0, 0.1) is 13.8 Å². The molecule has 1 fully saturated rings. The van der Waals surface area contributed by atoms with Gasteiger partial charge in [-0.15, -0.1) is 0 Å². The average molecular weight is 486 g/mol. The molecule has 2 N–H and O–H groups in total. The van der Waals surface area contributed by atoms with Gasteiger partial charge in [-0.25, -0.2) is 4.79 Å². The van der Waals surface area contributed by atoms with E-state index in [4.69, 9.17) is 9.47 Å². The first-order chi connectivity index (χ1) is 17.3. The standard InChI is InChI=1S/C28H27N3O5/c1-17-9-11-22(13-18(17)2)28(21-7-5-4-6-8-21)26(33)31(27(34)30-28)15-25(32)29-19(3)20-10-12-23-24(14-20)36-16-35-23/h4-14,19H,15-16H2,1-3H3,(H,29,32)(H,30,34)/t19-,28+/m1/s1. The number of urea groups is 1. The van der Waals surface area contributed by atoms with E-state index in [1.165, 1.54) is 0 Å². The van der Waals surface area contributed by atoms with Crippen molar-refractivity contribution in [2.75, 3.05) is 13.3 Å². The molecule has 2 aliphatic rings. The number of aryl methyl sites for hydroxylation is 2. The Labute approximate surface area is 209 Å². The van der Waals surface area contributed by atoms with Gasteiger partial charge in [0.05, 0.1) is 6.04 Å². The maximum absolute atomic E-state index is 13.9. The van der Waals surface area contributed by atoms with Gasteiger partial charge in [-0.05, 0) is 60.7 Å². The van der Waals surface area contributed by atoms with Crippen molar-refractivity contribution in [2.24, 2.45) is 0 Å². The number of ether oxygens (including phenoxy) is 2. The number of hydrogen-bond acceptors (Lipinski definition) is 5. The number of carbonyl (C=O) groups excluding carboxylic acids is 3. The Morgan fingerprint density at radius 1 is 0.972 bits per heavy atom. The molecule has 2 aliphatic heterocycles. The van der Waals surface area contributed by atoms with E-state index in [0.29, 0.717) is 22.6 Å². The fourth-order valence-corrected chi connectivity index (χ4v) is 4.64. The van der Waals surface area contributed by atoms with Crippen molar-refractivity contribution in [3.63, 3.8) is 0 Å². The van der Waals surface area contributed by atoms with Gasteiger partial charge in [0.1, 0.15) is 6.54 Å². The number of nitrogens with one attached hydrogen (secondary N) is 2. The lowest BCUT2D eigenvalue weighted by molar-refractivity contribution is -0.134. The van der Waals surface area contributed by atoms with Crippen LogP contribution in [0.4, 0.5) is 4.79 Å². The molecule has 0 bridgehead atoms. The van der Waals surface area contributed by atoms with Crippen LogP contribution < -0.4 is 20.1 Å². The number of rotatable bonds is 6. The lowest BCUT2D eigenvalue weighted by Gasteiger charge is -2.28. The molecule has 184 valence electrons. The summed E-state index contributed by atoms with van der Waals surface area (Å²) in [4.78, 5) is 40.9. The molecule has 3 aromatic carbocycles. The van der Waals surface area contributed by atoms with Crippen molar-refractivity contribution in [2.45, 2.75) is 32.4 Å². The van der Waals surface area contributed by atoms with E-state index >= 15 is 0 Å². The van der Waals surface area contributed by atoms with Gasteiger partial charge in [-0.3, -0.25) is 14.5 Å². The Bertz CT molecular complexity index is 1360. The second-order valence-corrected chi connectivity index (χ2v) is 9.14. The monoisotopic (exact) mass is 485 g/mol. The van der Waals surface area contributed by atoms with E-state index in [2.05, 4.69) is 10.6 Å². The van der Waals surface area contributed by atoms with Crippen LogP contribution in [-0.2, 0) is 15.1 Å². The number of hydrogen-bond donors (Lipinski definition) is 2. The summed E-state index contributed by atoms with van der Waals surface area (Å²) in [7, 11) is 0. The number of carbonyl (C=O) groups is 3. The Morgan fingerprint density at radius 2 is 1.72 bits per heavy atom. The third kappa shape index (κ3) is 3.94. The van der Waals surface area contributed by atoms with Gasteiger partial charge in [0, 0.05) is 0 Å². The lowest BCUT2D eigenvalue weighted by Crippen LogP contribution is -2.46. The molecule has 1 saturated heterocycles. The zero-order chi connectivity index (χ0) is 25.4. The SMILES string of the molecule is Cc1ccc([C@]2(c3ccccc3)NC(=O)N(CC(=O)N[C@H](C)c3ccc4c(c3)OCO4)C2=O)cc1C. The molecule has 8 nitrogen and oxygen atoms in total. The third-order valence-corrected chi connectivity index (χ3v) is 6.83. The summed E-state index contributed by atoms with van der Waals surface area (Å²) in [6, 6.07) is 19.2. The third-order valence-electron chi connectivity index (χ3n) is 6.83. The molecule has 4 amide bonds. The average Bonchev–Trinajstić information content (AvgIpc) is 3.44.